The Morgan fingerprint density at radius 3 is 2.10 bits per heavy atom. The van der Waals surface area contributed by atoms with Gasteiger partial charge in [-0.2, -0.15) is 0 Å². The van der Waals surface area contributed by atoms with E-state index in [1.165, 1.54) is 11.1 Å². The molecule has 2 heteroatoms. The second-order valence-electron chi connectivity index (χ2n) is 5.37. The van der Waals surface area contributed by atoms with Gasteiger partial charge >= 0.3 is 0 Å². The van der Waals surface area contributed by atoms with Gasteiger partial charge in [-0.3, -0.25) is 0 Å². The van der Waals surface area contributed by atoms with Crippen LogP contribution in [0, 0.1) is 0 Å². The van der Waals surface area contributed by atoms with Crippen LogP contribution < -0.4 is 5.73 Å². The third-order valence-corrected chi connectivity index (χ3v) is 3.92. The molecule has 0 saturated carbocycles. The van der Waals surface area contributed by atoms with Crippen LogP contribution in [-0.4, -0.2) is 17.3 Å². The minimum absolute atomic E-state index is 0.155. The Labute approximate surface area is 121 Å². The lowest BCUT2D eigenvalue weighted by atomic mass is 9.88. The summed E-state index contributed by atoms with van der Waals surface area (Å²) in [5.74, 6) is 0.155. The van der Waals surface area contributed by atoms with Crippen molar-refractivity contribution >= 4 is 0 Å². The summed E-state index contributed by atoms with van der Waals surface area (Å²) in [7, 11) is 0. The molecule has 0 aliphatic carbocycles. The first-order valence-corrected chi connectivity index (χ1v) is 7.21. The van der Waals surface area contributed by atoms with Crippen molar-refractivity contribution in [2.24, 2.45) is 5.73 Å². The Kier molecular flexibility index (Phi) is 5.33. The van der Waals surface area contributed by atoms with Crippen LogP contribution in [0.25, 0.3) is 0 Å². The van der Waals surface area contributed by atoms with Crippen molar-refractivity contribution in [3.8, 4) is 0 Å². The Morgan fingerprint density at radius 2 is 1.50 bits per heavy atom. The topological polar surface area (TPSA) is 46.2 Å². The van der Waals surface area contributed by atoms with Gasteiger partial charge in [0.1, 0.15) is 0 Å². The van der Waals surface area contributed by atoms with Crippen LogP contribution in [0.2, 0.25) is 0 Å². The summed E-state index contributed by atoms with van der Waals surface area (Å²) in [5.41, 5.74) is 8.63. The summed E-state index contributed by atoms with van der Waals surface area (Å²) in [5, 5.41) is 10.3. The maximum Gasteiger partial charge on any atom is 0.0700 e. The van der Waals surface area contributed by atoms with Crippen molar-refractivity contribution in [3.05, 3.63) is 71.8 Å². The number of aliphatic hydroxyl groups excluding tert-OH is 1. The van der Waals surface area contributed by atoms with E-state index < -0.39 is 6.10 Å². The molecule has 0 radical (unpaired) electrons. The summed E-state index contributed by atoms with van der Waals surface area (Å²) >= 11 is 0. The predicted octanol–water partition coefficient (Wildman–Crippen LogP) is 3.11. The number of hydrogen-bond acceptors (Lipinski definition) is 2. The summed E-state index contributed by atoms with van der Waals surface area (Å²) in [6.45, 7) is 2.08. The number of aryl methyl sites for hydroxylation is 1. The highest BCUT2D eigenvalue weighted by atomic mass is 16.3. The maximum absolute atomic E-state index is 10.3. The van der Waals surface area contributed by atoms with Crippen LogP contribution in [0.1, 0.15) is 30.4 Å². The van der Waals surface area contributed by atoms with Gasteiger partial charge in [0, 0.05) is 6.04 Å². The maximum atomic E-state index is 10.3. The normalized spacial score (nSPS) is 15.6. The second-order valence-corrected chi connectivity index (χ2v) is 5.37. The van der Waals surface area contributed by atoms with E-state index in [-0.39, 0.29) is 12.0 Å². The molecule has 0 spiro atoms. The van der Waals surface area contributed by atoms with Gasteiger partial charge in [0.25, 0.3) is 0 Å². The lowest BCUT2D eigenvalue weighted by Crippen LogP contribution is -2.39. The van der Waals surface area contributed by atoms with Crippen molar-refractivity contribution in [2.75, 3.05) is 0 Å². The van der Waals surface area contributed by atoms with Crippen LogP contribution >= 0.6 is 0 Å². The average Bonchev–Trinajstić information content (AvgIpc) is 2.53. The molecule has 0 saturated heterocycles. The zero-order chi connectivity index (χ0) is 14.4. The smallest absolute Gasteiger partial charge is 0.0700 e. The van der Waals surface area contributed by atoms with Crippen molar-refractivity contribution in [1.82, 2.24) is 0 Å². The quantitative estimate of drug-likeness (QED) is 0.846. The van der Waals surface area contributed by atoms with Gasteiger partial charge in [0.2, 0.25) is 0 Å². The first kappa shape index (κ1) is 14.8. The molecule has 0 fully saturated rings. The number of hydrogen-bond donors (Lipinski definition) is 2. The number of rotatable bonds is 6. The van der Waals surface area contributed by atoms with E-state index in [4.69, 9.17) is 5.73 Å². The first-order chi connectivity index (χ1) is 9.68. The van der Waals surface area contributed by atoms with E-state index in [9.17, 15) is 5.11 Å². The van der Waals surface area contributed by atoms with Gasteiger partial charge in [0.15, 0.2) is 0 Å². The van der Waals surface area contributed by atoms with Crippen LogP contribution in [0.15, 0.2) is 60.7 Å². The highest BCUT2D eigenvalue weighted by Crippen LogP contribution is 2.21. The molecule has 2 aromatic carbocycles. The van der Waals surface area contributed by atoms with E-state index in [1.54, 1.807) is 0 Å². The Balaban J connectivity index is 1.90. The molecule has 0 heterocycles. The Bertz CT molecular complexity index is 497. The lowest BCUT2D eigenvalue weighted by Gasteiger charge is -2.25. The molecular weight excluding hydrogens is 246 g/mol. The monoisotopic (exact) mass is 269 g/mol. The molecular formula is C18H23NO. The highest BCUT2D eigenvalue weighted by molar-refractivity contribution is 5.21. The van der Waals surface area contributed by atoms with Gasteiger partial charge in [-0.15, -0.1) is 0 Å². The van der Waals surface area contributed by atoms with Gasteiger partial charge in [-0.1, -0.05) is 67.6 Å². The second kappa shape index (κ2) is 7.22. The zero-order valence-electron chi connectivity index (χ0n) is 11.9. The molecule has 2 nitrogen and oxygen atoms in total. The molecule has 106 valence electrons. The number of benzene rings is 2. The van der Waals surface area contributed by atoms with Crippen molar-refractivity contribution in [2.45, 2.75) is 37.8 Å². The summed E-state index contributed by atoms with van der Waals surface area (Å²) in [6.07, 6.45) is 1.07. The standard InChI is InChI=1S/C18H23NO/c1-14(16-10-6-3-7-11-16)18(19)17(20)13-12-15-8-4-2-5-9-15/h2-11,14,17-18,20H,12-13,19H2,1H3. The fourth-order valence-electron chi connectivity index (χ4n) is 2.46. The molecule has 0 aromatic heterocycles. The Morgan fingerprint density at radius 1 is 0.950 bits per heavy atom. The molecule has 3 N–H and O–H groups in total. The lowest BCUT2D eigenvalue weighted by molar-refractivity contribution is 0.125. The molecule has 0 aliphatic heterocycles. The van der Waals surface area contributed by atoms with Crippen molar-refractivity contribution in [3.63, 3.8) is 0 Å². The van der Waals surface area contributed by atoms with E-state index >= 15 is 0 Å². The minimum atomic E-state index is -0.481. The third-order valence-electron chi connectivity index (χ3n) is 3.92. The first-order valence-electron chi connectivity index (χ1n) is 7.21. The largest absolute Gasteiger partial charge is 0.391 e. The summed E-state index contributed by atoms with van der Waals surface area (Å²) in [6, 6.07) is 20.1. The number of aliphatic hydroxyl groups is 1. The van der Waals surface area contributed by atoms with Crippen LogP contribution in [0.3, 0.4) is 0 Å². The molecule has 0 bridgehead atoms. The SMILES string of the molecule is CC(c1ccccc1)C(N)C(O)CCc1ccccc1. The van der Waals surface area contributed by atoms with Gasteiger partial charge < -0.3 is 10.8 Å². The Hall–Kier alpha value is -1.64. The molecule has 0 aliphatic rings. The van der Waals surface area contributed by atoms with Gasteiger partial charge in [0.05, 0.1) is 6.10 Å². The average molecular weight is 269 g/mol. The fourth-order valence-corrected chi connectivity index (χ4v) is 2.46. The van der Waals surface area contributed by atoms with Crippen LogP contribution in [-0.2, 0) is 6.42 Å². The molecule has 3 unspecified atom stereocenters. The molecule has 20 heavy (non-hydrogen) atoms. The molecule has 2 rings (SSSR count). The van der Waals surface area contributed by atoms with Crippen LogP contribution in [0.4, 0.5) is 0 Å². The van der Waals surface area contributed by atoms with E-state index in [0.717, 1.165) is 6.42 Å². The third kappa shape index (κ3) is 3.92. The van der Waals surface area contributed by atoms with E-state index in [2.05, 4.69) is 31.2 Å². The van der Waals surface area contributed by atoms with Crippen LogP contribution in [0.5, 0.6) is 0 Å². The molecule has 3 atom stereocenters. The van der Waals surface area contributed by atoms with E-state index in [0.29, 0.717) is 6.42 Å². The zero-order valence-corrected chi connectivity index (χ0v) is 11.9. The fraction of sp³-hybridized carbons (Fsp3) is 0.333. The summed E-state index contributed by atoms with van der Waals surface area (Å²) in [4.78, 5) is 0. The molecule has 2 aromatic rings. The van der Waals surface area contributed by atoms with E-state index in [1.807, 2.05) is 36.4 Å². The van der Waals surface area contributed by atoms with Crippen molar-refractivity contribution < 1.29 is 5.11 Å². The molecule has 0 amide bonds. The van der Waals surface area contributed by atoms with Crippen molar-refractivity contribution in [1.29, 1.82) is 0 Å². The minimum Gasteiger partial charge on any atom is -0.391 e. The predicted molar refractivity (Wildman–Crippen MR) is 83.6 cm³/mol. The van der Waals surface area contributed by atoms with Gasteiger partial charge in [-0.05, 0) is 29.9 Å². The summed E-state index contributed by atoms with van der Waals surface area (Å²) < 4.78 is 0. The van der Waals surface area contributed by atoms with Gasteiger partial charge in [-0.25, -0.2) is 0 Å². The highest BCUT2D eigenvalue weighted by Gasteiger charge is 2.22. The number of nitrogens with two attached hydrogens (primary N) is 1.